The van der Waals surface area contributed by atoms with E-state index in [1.165, 1.54) is 31.4 Å². The van der Waals surface area contributed by atoms with Crippen LogP contribution in [-0.2, 0) is 6.54 Å². The van der Waals surface area contributed by atoms with Crippen LogP contribution in [0.3, 0.4) is 0 Å². The van der Waals surface area contributed by atoms with E-state index in [0.29, 0.717) is 12.6 Å². The van der Waals surface area contributed by atoms with Gasteiger partial charge < -0.3 is 4.85 Å². The van der Waals surface area contributed by atoms with E-state index in [2.05, 4.69) is 40.1 Å². The molecule has 2 nitrogen and oxygen atoms in total. The molecule has 1 aliphatic heterocycles. The molecule has 0 amide bonds. The molecule has 0 aliphatic carbocycles. The molecular formula is C15H20N2. The van der Waals surface area contributed by atoms with Crippen LogP contribution < -0.4 is 0 Å². The molecule has 0 spiro atoms. The number of piperidine rings is 1. The average molecular weight is 228 g/mol. The highest BCUT2D eigenvalue weighted by atomic mass is 15.2. The fraction of sp³-hybridized carbons (Fsp3) is 0.533. The van der Waals surface area contributed by atoms with Crippen molar-refractivity contribution in [1.82, 2.24) is 4.90 Å². The molecule has 2 heteroatoms. The fourth-order valence-corrected chi connectivity index (χ4v) is 2.63. The SMILES string of the molecule is [C-]#[N+]CCC1CCCCN1Cc1ccccc1. The van der Waals surface area contributed by atoms with Crippen LogP contribution >= 0.6 is 0 Å². The van der Waals surface area contributed by atoms with E-state index < -0.39 is 0 Å². The normalized spacial score (nSPS) is 21.0. The molecule has 1 aromatic rings. The summed E-state index contributed by atoms with van der Waals surface area (Å²) in [6, 6.07) is 11.3. The van der Waals surface area contributed by atoms with Crippen LogP contribution in [0.25, 0.3) is 4.85 Å². The molecule has 0 aromatic heterocycles. The summed E-state index contributed by atoms with van der Waals surface area (Å²) in [6.45, 7) is 9.83. The van der Waals surface area contributed by atoms with Gasteiger partial charge in [0.15, 0.2) is 0 Å². The minimum atomic E-state index is 0.623. The number of rotatable bonds is 4. The van der Waals surface area contributed by atoms with Crippen LogP contribution in [0.4, 0.5) is 0 Å². The predicted molar refractivity (Wildman–Crippen MR) is 70.6 cm³/mol. The monoisotopic (exact) mass is 228 g/mol. The molecule has 1 unspecified atom stereocenters. The van der Waals surface area contributed by atoms with Crippen molar-refractivity contribution in [1.29, 1.82) is 0 Å². The van der Waals surface area contributed by atoms with Gasteiger partial charge in [0.1, 0.15) is 0 Å². The molecule has 0 N–H and O–H groups in total. The van der Waals surface area contributed by atoms with E-state index >= 15 is 0 Å². The van der Waals surface area contributed by atoms with Gasteiger partial charge in [-0.1, -0.05) is 36.8 Å². The first kappa shape index (κ1) is 12.1. The Morgan fingerprint density at radius 2 is 2.06 bits per heavy atom. The number of hydrogen-bond donors (Lipinski definition) is 0. The summed E-state index contributed by atoms with van der Waals surface area (Å²) in [4.78, 5) is 6.05. The second-order valence-corrected chi connectivity index (χ2v) is 4.78. The van der Waals surface area contributed by atoms with Crippen molar-refractivity contribution >= 4 is 0 Å². The highest BCUT2D eigenvalue weighted by molar-refractivity contribution is 5.14. The Bertz CT molecular complexity index is 366. The maximum Gasteiger partial charge on any atom is 0.216 e. The van der Waals surface area contributed by atoms with Crippen LogP contribution in [0.15, 0.2) is 30.3 Å². The molecule has 1 saturated heterocycles. The first-order valence-electron chi connectivity index (χ1n) is 6.51. The number of likely N-dealkylation sites (tertiary alicyclic amines) is 1. The first-order valence-corrected chi connectivity index (χ1v) is 6.51. The van der Waals surface area contributed by atoms with Crippen LogP contribution in [0.2, 0.25) is 0 Å². The summed E-state index contributed by atoms with van der Waals surface area (Å²) in [5.74, 6) is 0. The Morgan fingerprint density at radius 3 is 2.82 bits per heavy atom. The molecule has 1 heterocycles. The Morgan fingerprint density at radius 1 is 1.24 bits per heavy atom. The number of hydrogen-bond acceptors (Lipinski definition) is 1. The van der Waals surface area contributed by atoms with Gasteiger partial charge in [0.2, 0.25) is 6.54 Å². The van der Waals surface area contributed by atoms with E-state index in [4.69, 9.17) is 6.57 Å². The van der Waals surface area contributed by atoms with E-state index in [1.54, 1.807) is 0 Å². The number of benzene rings is 1. The van der Waals surface area contributed by atoms with Crippen molar-refractivity contribution in [3.8, 4) is 0 Å². The topological polar surface area (TPSA) is 7.60 Å². The summed E-state index contributed by atoms with van der Waals surface area (Å²) >= 11 is 0. The third-order valence-electron chi connectivity index (χ3n) is 3.55. The van der Waals surface area contributed by atoms with E-state index in [-0.39, 0.29) is 0 Å². The first-order chi connectivity index (χ1) is 8.40. The van der Waals surface area contributed by atoms with Crippen molar-refractivity contribution in [3.05, 3.63) is 47.3 Å². The molecular weight excluding hydrogens is 208 g/mol. The zero-order chi connectivity index (χ0) is 11.9. The molecule has 0 radical (unpaired) electrons. The quantitative estimate of drug-likeness (QED) is 0.717. The smallest absolute Gasteiger partial charge is 0.216 e. The Labute approximate surface area is 104 Å². The van der Waals surface area contributed by atoms with Gasteiger partial charge in [-0.15, -0.1) is 0 Å². The van der Waals surface area contributed by atoms with Gasteiger partial charge in [0, 0.05) is 19.0 Å². The zero-order valence-electron chi connectivity index (χ0n) is 10.3. The van der Waals surface area contributed by atoms with Gasteiger partial charge in [0.25, 0.3) is 0 Å². The van der Waals surface area contributed by atoms with Gasteiger partial charge in [-0.3, -0.25) is 4.90 Å². The Balaban J connectivity index is 1.94. The second kappa shape index (κ2) is 6.42. The standard InChI is InChI=1S/C15H20N2/c1-16-11-10-15-9-5-6-12-17(15)13-14-7-3-2-4-8-14/h2-4,7-8,15H,5-6,9-13H2. The van der Waals surface area contributed by atoms with E-state index in [0.717, 1.165) is 13.0 Å². The molecule has 90 valence electrons. The summed E-state index contributed by atoms with van der Waals surface area (Å²) in [5.41, 5.74) is 1.39. The summed E-state index contributed by atoms with van der Waals surface area (Å²) < 4.78 is 0. The highest BCUT2D eigenvalue weighted by Crippen LogP contribution is 2.21. The maximum absolute atomic E-state index is 6.91. The molecule has 0 bridgehead atoms. The minimum Gasteiger partial charge on any atom is -0.317 e. The molecule has 1 fully saturated rings. The highest BCUT2D eigenvalue weighted by Gasteiger charge is 2.22. The van der Waals surface area contributed by atoms with Gasteiger partial charge >= 0.3 is 0 Å². The lowest BCUT2D eigenvalue weighted by Gasteiger charge is -2.34. The lowest BCUT2D eigenvalue weighted by molar-refractivity contribution is 0.135. The maximum atomic E-state index is 6.91. The van der Waals surface area contributed by atoms with Crippen molar-refractivity contribution in [3.63, 3.8) is 0 Å². The van der Waals surface area contributed by atoms with Gasteiger partial charge in [-0.05, 0) is 24.9 Å². The molecule has 1 atom stereocenters. The largest absolute Gasteiger partial charge is 0.317 e. The Hall–Kier alpha value is -1.33. The molecule has 0 saturated carbocycles. The van der Waals surface area contributed by atoms with E-state index in [1.807, 2.05) is 0 Å². The summed E-state index contributed by atoms with van der Waals surface area (Å²) in [6.07, 6.45) is 4.94. The van der Waals surface area contributed by atoms with Crippen molar-refractivity contribution in [2.24, 2.45) is 0 Å². The van der Waals surface area contributed by atoms with Crippen LogP contribution in [0, 0.1) is 6.57 Å². The average Bonchev–Trinajstić information content (AvgIpc) is 2.39. The van der Waals surface area contributed by atoms with Gasteiger partial charge in [0.05, 0.1) is 0 Å². The lowest BCUT2D eigenvalue weighted by Crippen LogP contribution is -2.39. The van der Waals surface area contributed by atoms with E-state index in [9.17, 15) is 0 Å². The van der Waals surface area contributed by atoms with Crippen molar-refractivity contribution in [2.45, 2.75) is 38.3 Å². The van der Waals surface area contributed by atoms with Crippen LogP contribution in [0.1, 0.15) is 31.2 Å². The van der Waals surface area contributed by atoms with Gasteiger partial charge in [-0.25, -0.2) is 6.57 Å². The summed E-state index contributed by atoms with van der Waals surface area (Å²) in [5, 5.41) is 0. The third-order valence-corrected chi connectivity index (χ3v) is 3.55. The van der Waals surface area contributed by atoms with Crippen LogP contribution in [0.5, 0.6) is 0 Å². The summed E-state index contributed by atoms with van der Waals surface area (Å²) in [7, 11) is 0. The zero-order valence-corrected chi connectivity index (χ0v) is 10.3. The van der Waals surface area contributed by atoms with Crippen LogP contribution in [-0.4, -0.2) is 24.0 Å². The van der Waals surface area contributed by atoms with Gasteiger partial charge in [-0.2, -0.15) is 0 Å². The predicted octanol–water partition coefficient (Wildman–Crippen LogP) is 3.35. The van der Waals surface area contributed by atoms with Crippen molar-refractivity contribution in [2.75, 3.05) is 13.1 Å². The second-order valence-electron chi connectivity index (χ2n) is 4.78. The molecule has 1 aliphatic rings. The molecule has 17 heavy (non-hydrogen) atoms. The molecule has 2 rings (SSSR count). The lowest BCUT2D eigenvalue weighted by atomic mass is 9.98. The Kier molecular flexibility index (Phi) is 4.58. The number of nitrogens with zero attached hydrogens (tertiary/aromatic N) is 2. The minimum absolute atomic E-state index is 0.623. The third kappa shape index (κ3) is 3.57. The molecule has 1 aromatic carbocycles. The fourth-order valence-electron chi connectivity index (χ4n) is 2.63. The van der Waals surface area contributed by atoms with Crippen molar-refractivity contribution < 1.29 is 0 Å².